The summed E-state index contributed by atoms with van der Waals surface area (Å²) in [4.78, 5) is 18.9. The highest BCUT2D eigenvalue weighted by molar-refractivity contribution is 5.73. The van der Waals surface area contributed by atoms with Gasteiger partial charge in [0.1, 0.15) is 11.6 Å². The molecule has 2 N–H and O–H groups in total. The first-order valence-electron chi connectivity index (χ1n) is 10.1. The molecule has 1 aliphatic heterocycles. The van der Waals surface area contributed by atoms with Gasteiger partial charge in [0.2, 0.25) is 0 Å². The average Bonchev–Trinajstić information content (AvgIpc) is 2.72. The number of nitrogens with one attached hydrogen (secondary N) is 2. The summed E-state index contributed by atoms with van der Waals surface area (Å²) in [5, 5.41) is 5.81. The summed E-state index contributed by atoms with van der Waals surface area (Å²) in [6, 6.07) is 11.6. The first kappa shape index (κ1) is 20.0. The predicted molar refractivity (Wildman–Crippen MR) is 112 cm³/mol. The minimum Gasteiger partial charge on any atom is -0.491 e. The fraction of sp³-hybridized carbons (Fsp3) is 0.455. The number of benzene rings is 1. The van der Waals surface area contributed by atoms with E-state index in [1.165, 1.54) is 19.3 Å². The molecule has 0 atom stereocenters. The molecule has 2 amide bonds. The van der Waals surface area contributed by atoms with Gasteiger partial charge in [-0.2, -0.15) is 0 Å². The second kappa shape index (κ2) is 9.97. The number of hydrogen-bond acceptors (Lipinski definition) is 4. The Bertz CT molecular complexity index is 755. The summed E-state index contributed by atoms with van der Waals surface area (Å²) in [5.41, 5.74) is 2.09. The molecule has 2 aromatic rings. The minimum absolute atomic E-state index is 0.151. The predicted octanol–water partition coefficient (Wildman–Crippen LogP) is 3.86. The molecule has 2 heterocycles. The summed E-state index contributed by atoms with van der Waals surface area (Å²) >= 11 is 0. The first-order chi connectivity index (χ1) is 13.6. The Balaban J connectivity index is 1.44. The Morgan fingerprint density at radius 2 is 1.71 bits per heavy atom. The van der Waals surface area contributed by atoms with Crippen LogP contribution >= 0.6 is 0 Å². The Morgan fingerprint density at radius 3 is 2.39 bits per heavy atom. The molecule has 150 valence electrons. The Morgan fingerprint density at radius 1 is 1.04 bits per heavy atom. The van der Waals surface area contributed by atoms with E-state index in [9.17, 15) is 4.79 Å². The molecule has 0 spiro atoms. The van der Waals surface area contributed by atoms with Gasteiger partial charge in [-0.3, -0.25) is 0 Å². The number of ether oxygens (including phenoxy) is 1. The monoisotopic (exact) mass is 382 g/mol. The normalized spacial score (nSPS) is 14.0. The third kappa shape index (κ3) is 6.15. The van der Waals surface area contributed by atoms with Gasteiger partial charge in [0.25, 0.3) is 0 Å². The number of piperidine rings is 1. The van der Waals surface area contributed by atoms with Crippen molar-refractivity contribution in [3.63, 3.8) is 0 Å². The molecule has 1 aliphatic rings. The first-order valence-corrected chi connectivity index (χ1v) is 10.1. The second-order valence-electron chi connectivity index (χ2n) is 7.42. The van der Waals surface area contributed by atoms with Crippen LogP contribution in [0.2, 0.25) is 0 Å². The van der Waals surface area contributed by atoms with Crippen LogP contribution in [0.3, 0.4) is 0 Å². The van der Waals surface area contributed by atoms with Crippen LogP contribution in [0.4, 0.5) is 10.6 Å². The van der Waals surface area contributed by atoms with Gasteiger partial charge in [0, 0.05) is 32.4 Å². The van der Waals surface area contributed by atoms with Crippen molar-refractivity contribution >= 4 is 11.8 Å². The summed E-state index contributed by atoms with van der Waals surface area (Å²) in [5.74, 6) is 1.84. The van der Waals surface area contributed by atoms with E-state index in [4.69, 9.17) is 4.74 Å². The van der Waals surface area contributed by atoms with E-state index < -0.39 is 0 Å². The molecular formula is C22H30N4O2. The smallest absolute Gasteiger partial charge is 0.315 e. The fourth-order valence-electron chi connectivity index (χ4n) is 3.25. The van der Waals surface area contributed by atoms with Gasteiger partial charge in [-0.15, -0.1) is 0 Å². The van der Waals surface area contributed by atoms with Crippen LogP contribution in [-0.4, -0.2) is 30.2 Å². The molecule has 1 saturated heterocycles. The van der Waals surface area contributed by atoms with Crippen LogP contribution in [0.25, 0.3) is 0 Å². The Kier molecular flexibility index (Phi) is 7.12. The van der Waals surface area contributed by atoms with E-state index in [0.717, 1.165) is 35.8 Å². The van der Waals surface area contributed by atoms with E-state index in [1.54, 1.807) is 0 Å². The van der Waals surface area contributed by atoms with Crippen molar-refractivity contribution in [2.45, 2.75) is 52.3 Å². The quantitative estimate of drug-likeness (QED) is 0.763. The molecule has 1 aromatic heterocycles. The van der Waals surface area contributed by atoms with Gasteiger partial charge >= 0.3 is 6.03 Å². The number of rotatable bonds is 7. The number of pyridine rings is 1. The van der Waals surface area contributed by atoms with Gasteiger partial charge in [0.15, 0.2) is 0 Å². The van der Waals surface area contributed by atoms with E-state index >= 15 is 0 Å². The molecule has 0 radical (unpaired) electrons. The maximum absolute atomic E-state index is 12.1. The number of carbonyl (C=O) groups excluding carboxylic acids is 1. The third-order valence-electron chi connectivity index (χ3n) is 4.69. The molecule has 0 aliphatic carbocycles. The third-order valence-corrected chi connectivity index (χ3v) is 4.69. The minimum atomic E-state index is -0.182. The lowest BCUT2D eigenvalue weighted by atomic mass is 10.1. The lowest BCUT2D eigenvalue weighted by molar-refractivity contribution is 0.240. The van der Waals surface area contributed by atoms with Crippen molar-refractivity contribution in [3.8, 4) is 5.75 Å². The highest BCUT2D eigenvalue weighted by Crippen LogP contribution is 2.18. The number of nitrogens with zero attached hydrogens (tertiary/aromatic N) is 2. The van der Waals surface area contributed by atoms with Crippen LogP contribution in [0, 0.1) is 0 Å². The van der Waals surface area contributed by atoms with E-state index in [1.807, 2.05) is 50.4 Å². The lowest BCUT2D eigenvalue weighted by Crippen LogP contribution is -2.34. The zero-order chi connectivity index (χ0) is 19.8. The molecule has 6 nitrogen and oxygen atoms in total. The number of carbonyl (C=O) groups is 1. The van der Waals surface area contributed by atoms with Crippen LogP contribution < -0.4 is 20.3 Å². The van der Waals surface area contributed by atoms with Crippen molar-refractivity contribution < 1.29 is 9.53 Å². The van der Waals surface area contributed by atoms with E-state index in [2.05, 4.69) is 26.6 Å². The average molecular weight is 383 g/mol. The Hall–Kier alpha value is -2.76. The fourth-order valence-corrected chi connectivity index (χ4v) is 3.25. The van der Waals surface area contributed by atoms with Crippen molar-refractivity contribution in [1.29, 1.82) is 0 Å². The molecular weight excluding hydrogens is 352 g/mol. The zero-order valence-corrected chi connectivity index (χ0v) is 16.8. The molecule has 6 heteroatoms. The van der Waals surface area contributed by atoms with Crippen molar-refractivity contribution in [1.82, 2.24) is 15.6 Å². The number of amides is 2. The zero-order valence-electron chi connectivity index (χ0n) is 16.8. The summed E-state index contributed by atoms with van der Waals surface area (Å²) in [7, 11) is 0. The maximum atomic E-state index is 12.1. The van der Waals surface area contributed by atoms with Crippen LogP contribution in [-0.2, 0) is 13.1 Å². The van der Waals surface area contributed by atoms with Gasteiger partial charge in [-0.05, 0) is 68.5 Å². The largest absolute Gasteiger partial charge is 0.491 e. The van der Waals surface area contributed by atoms with E-state index in [-0.39, 0.29) is 12.1 Å². The SMILES string of the molecule is CC(C)Oc1ccc(CNC(=O)NCc2ccnc(N3CCCCC3)c2)cc1. The van der Waals surface area contributed by atoms with Gasteiger partial charge < -0.3 is 20.3 Å². The van der Waals surface area contributed by atoms with Gasteiger partial charge in [-0.25, -0.2) is 9.78 Å². The molecule has 1 aromatic carbocycles. The highest BCUT2D eigenvalue weighted by atomic mass is 16.5. The molecule has 0 saturated carbocycles. The number of anilines is 1. The molecule has 0 unspecified atom stereocenters. The van der Waals surface area contributed by atoms with Crippen LogP contribution in [0.15, 0.2) is 42.6 Å². The summed E-state index contributed by atoms with van der Waals surface area (Å²) in [6.07, 6.45) is 5.71. The molecule has 0 bridgehead atoms. The van der Waals surface area contributed by atoms with Gasteiger partial charge in [0.05, 0.1) is 6.10 Å². The van der Waals surface area contributed by atoms with Crippen molar-refractivity contribution in [2.24, 2.45) is 0 Å². The summed E-state index contributed by atoms with van der Waals surface area (Å²) < 4.78 is 5.63. The van der Waals surface area contributed by atoms with Gasteiger partial charge in [-0.1, -0.05) is 12.1 Å². The lowest BCUT2D eigenvalue weighted by Gasteiger charge is -2.27. The number of urea groups is 1. The van der Waals surface area contributed by atoms with Crippen LogP contribution in [0.5, 0.6) is 5.75 Å². The van der Waals surface area contributed by atoms with Crippen molar-refractivity contribution in [3.05, 3.63) is 53.7 Å². The van der Waals surface area contributed by atoms with E-state index in [0.29, 0.717) is 13.1 Å². The summed E-state index contributed by atoms with van der Waals surface area (Å²) in [6.45, 7) is 7.08. The van der Waals surface area contributed by atoms with Crippen LogP contribution in [0.1, 0.15) is 44.2 Å². The number of aromatic nitrogens is 1. The molecule has 1 fully saturated rings. The Labute approximate surface area is 167 Å². The second-order valence-corrected chi connectivity index (χ2v) is 7.42. The molecule has 28 heavy (non-hydrogen) atoms. The van der Waals surface area contributed by atoms with Crippen molar-refractivity contribution in [2.75, 3.05) is 18.0 Å². The molecule has 3 rings (SSSR count). The number of hydrogen-bond donors (Lipinski definition) is 2. The topological polar surface area (TPSA) is 66.5 Å². The highest BCUT2D eigenvalue weighted by Gasteiger charge is 2.12. The maximum Gasteiger partial charge on any atom is 0.315 e. The standard InChI is InChI=1S/C22H30N4O2/c1-17(2)28-20-8-6-18(7-9-20)15-24-22(27)25-16-19-10-11-23-21(14-19)26-12-4-3-5-13-26/h6-11,14,17H,3-5,12-13,15-16H2,1-2H3,(H2,24,25,27).